The largest absolute Gasteiger partial charge is 0.497 e. The predicted octanol–water partition coefficient (Wildman–Crippen LogP) is 3.69. The minimum atomic E-state index is -3.59. The summed E-state index contributed by atoms with van der Waals surface area (Å²) in [5.41, 5.74) is 1.69. The third-order valence-electron chi connectivity index (χ3n) is 3.19. The van der Waals surface area contributed by atoms with Crippen LogP contribution in [0.25, 0.3) is 0 Å². The van der Waals surface area contributed by atoms with E-state index in [0.717, 1.165) is 12.0 Å². The second-order valence-corrected chi connectivity index (χ2v) is 7.26. The van der Waals surface area contributed by atoms with E-state index >= 15 is 0 Å². The second kappa shape index (κ2) is 6.83. The molecule has 1 N–H and O–H groups in total. The van der Waals surface area contributed by atoms with Crippen LogP contribution in [0, 0.1) is 5.92 Å². The van der Waals surface area contributed by atoms with Gasteiger partial charge in [0.1, 0.15) is 5.75 Å². The monoisotopic (exact) mass is 319 g/mol. The lowest BCUT2D eigenvalue weighted by Crippen LogP contribution is -2.13. The zero-order valence-corrected chi connectivity index (χ0v) is 13.9. The Kier molecular flexibility index (Phi) is 5.08. The van der Waals surface area contributed by atoms with Crippen molar-refractivity contribution in [2.24, 2.45) is 5.92 Å². The lowest BCUT2D eigenvalue weighted by molar-refractivity contribution is 0.414. The van der Waals surface area contributed by atoms with E-state index in [4.69, 9.17) is 4.74 Å². The number of sulfonamides is 1. The number of ether oxygens (including phenoxy) is 1. The topological polar surface area (TPSA) is 55.4 Å². The van der Waals surface area contributed by atoms with E-state index in [9.17, 15) is 8.42 Å². The van der Waals surface area contributed by atoms with Crippen LogP contribution in [0.15, 0.2) is 53.4 Å². The van der Waals surface area contributed by atoms with Crippen LogP contribution in [0.2, 0.25) is 0 Å². The van der Waals surface area contributed by atoms with Crippen molar-refractivity contribution in [3.05, 3.63) is 54.1 Å². The van der Waals surface area contributed by atoms with E-state index in [1.54, 1.807) is 25.3 Å². The molecule has 0 saturated carbocycles. The van der Waals surface area contributed by atoms with Crippen molar-refractivity contribution in [3.8, 4) is 5.75 Å². The maximum absolute atomic E-state index is 12.4. The number of hydrogen-bond acceptors (Lipinski definition) is 3. The van der Waals surface area contributed by atoms with Gasteiger partial charge in [-0.2, -0.15) is 0 Å². The van der Waals surface area contributed by atoms with Gasteiger partial charge in [0.05, 0.1) is 12.0 Å². The van der Waals surface area contributed by atoms with E-state index in [0.29, 0.717) is 17.4 Å². The van der Waals surface area contributed by atoms with E-state index in [-0.39, 0.29) is 4.90 Å². The Balaban J connectivity index is 2.20. The second-order valence-electron chi connectivity index (χ2n) is 5.58. The van der Waals surface area contributed by atoms with Crippen LogP contribution in [0.3, 0.4) is 0 Å². The van der Waals surface area contributed by atoms with Gasteiger partial charge in [-0.3, -0.25) is 4.72 Å². The Labute approximate surface area is 132 Å². The molecule has 0 radical (unpaired) electrons. The molecular formula is C17H21NO3S. The van der Waals surface area contributed by atoms with Crippen LogP contribution in [-0.4, -0.2) is 15.5 Å². The summed E-state index contributed by atoms with van der Waals surface area (Å²) in [4.78, 5) is 0.211. The van der Waals surface area contributed by atoms with E-state index < -0.39 is 10.0 Å². The van der Waals surface area contributed by atoms with Crippen LogP contribution in [-0.2, 0) is 16.4 Å². The highest BCUT2D eigenvalue weighted by Crippen LogP contribution is 2.20. The molecule has 0 saturated heterocycles. The Morgan fingerprint density at radius 2 is 1.77 bits per heavy atom. The molecule has 0 atom stereocenters. The van der Waals surface area contributed by atoms with Gasteiger partial charge in [0.2, 0.25) is 0 Å². The van der Waals surface area contributed by atoms with Gasteiger partial charge in [-0.25, -0.2) is 8.42 Å². The van der Waals surface area contributed by atoms with Gasteiger partial charge in [0, 0.05) is 5.69 Å². The molecule has 0 amide bonds. The third kappa shape index (κ3) is 4.24. The van der Waals surface area contributed by atoms with Gasteiger partial charge >= 0.3 is 0 Å². The lowest BCUT2D eigenvalue weighted by atomic mass is 10.0. The molecule has 0 aliphatic rings. The molecule has 4 nitrogen and oxygen atoms in total. The summed E-state index contributed by atoms with van der Waals surface area (Å²) >= 11 is 0. The van der Waals surface area contributed by atoms with Crippen molar-refractivity contribution in [3.63, 3.8) is 0 Å². The highest BCUT2D eigenvalue weighted by Gasteiger charge is 2.14. The minimum Gasteiger partial charge on any atom is -0.497 e. The molecule has 0 fully saturated rings. The molecule has 22 heavy (non-hydrogen) atoms. The van der Waals surface area contributed by atoms with Crippen molar-refractivity contribution in [1.29, 1.82) is 0 Å². The van der Waals surface area contributed by atoms with Gasteiger partial charge in [-0.05, 0) is 54.3 Å². The van der Waals surface area contributed by atoms with E-state index in [1.807, 2.05) is 18.2 Å². The highest BCUT2D eigenvalue weighted by atomic mass is 32.2. The van der Waals surface area contributed by atoms with Gasteiger partial charge < -0.3 is 4.74 Å². The minimum absolute atomic E-state index is 0.211. The standard InChI is InChI=1S/C17H21NO3S/c1-13(2)11-14-5-4-6-15(12-14)18-22(19,20)17-9-7-16(21-3)8-10-17/h4-10,12-13,18H,11H2,1-3H3. The maximum atomic E-state index is 12.4. The zero-order valence-electron chi connectivity index (χ0n) is 13.0. The first-order valence-corrected chi connectivity index (χ1v) is 8.65. The predicted molar refractivity (Wildman–Crippen MR) is 88.8 cm³/mol. The van der Waals surface area contributed by atoms with Gasteiger partial charge in [0.15, 0.2) is 0 Å². The molecule has 0 heterocycles. The van der Waals surface area contributed by atoms with Crippen LogP contribution < -0.4 is 9.46 Å². The molecule has 5 heteroatoms. The summed E-state index contributed by atoms with van der Waals surface area (Å²) in [5.74, 6) is 1.14. The highest BCUT2D eigenvalue weighted by molar-refractivity contribution is 7.92. The maximum Gasteiger partial charge on any atom is 0.261 e. The molecule has 2 rings (SSSR count). The van der Waals surface area contributed by atoms with Crippen molar-refractivity contribution in [2.75, 3.05) is 11.8 Å². The summed E-state index contributed by atoms with van der Waals surface area (Å²) in [7, 11) is -2.05. The van der Waals surface area contributed by atoms with E-state index in [2.05, 4.69) is 18.6 Å². The summed E-state index contributed by atoms with van der Waals surface area (Å²) < 4.78 is 32.4. The summed E-state index contributed by atoms with van der Waals surface area (Å²) in [6.07, 6.45) is 0.915. The first-order chi connectivity index (χ1) is 10.4. The number of hydrogen-bond donors (Lipinski definition) is 1. The number of benzene rings is 2. The van der Waals surface area contributed by atoms with E-state index in [1.165, 1.54) is 12.1 Å². The zero-order chi connectivity index (χ0) is 16.2. The lowest BCUT2D eigenvalue weighted by Gasteiger charge is -2.11. The smallest absolute Gasteiger partial charge is 0.261 e. The van der Waals surface area contributed by atoms with Crippen LogP contribution >= 0.6 is 0 Å². The molecule has 118 valence electrons. The normalized spacial score (nSPS) is 11.5. The number of rotatable bonds is 6. The Bertz CT molecular complexity index is 722. The number of anilines is 1. The molecule has 0 aromatic heterocycles. The molecular weight excluding hydrogens is 298 g/mol. The molecule has 0 spiro atoms. The Hall–Kier alpha value is -2.01. The number of nitrogens with one attached hydrogen (secondary N) is 1. The van der Waals surface area contributed by atoms with Gasteiger partial charge in [-0.15, -0.1) is 0 Å². The van der Waals surface area contributed by atoms with Gasteiger partial charge in [0.25, 0.3) is 10.0 Å². The van der Waals surface area contributed by atoms with Crippen LogP contribution in [0.1, 0.15) is 19.4 Å². The quantitative estimate of drug-likeness (QED) is 0.883. The fourth-order valence-corrected chi connectivity index (χ4v) is 3.25. The van der Waals surface area contributed by atoms with Crippen molar-refractivity contribution < 1.29 is 13.2 Å². The molecule has 2 aromatic carbocycles. The Morgan fingerprint density at radius 1 is 1.09 bits per heavy atom. The van der Waals surface area contributed by atoms with Crippen molar-refractivity contribution in [2.45, 2.75) is 25.2 Å². The molecule has 0 aliphatic carbocycles. The summed E-state index contributed by atoms with van der Waals surface area (Å²) in [5, 5.41) is 0. The SMILES string of the molecule is COc1ccc(S(=O)(=O)Nc2cccc(CC(C)C)c2)cc1. The Morgan fingerprint density at radius 3 is 2.36 bits per heavy atom. The summed E-state index contributed by atoms with van der Waals surface area (Å²) in [6.45, 7) is 4.27. The molecule has 0 bridgehead atoms. The molecule has 0 unspecified atom stereocenters. The summed E-state index contributed by atoms with van der Waals surface area (Å²) in [6, 6.07) is 13.8. The first kappa shape index (κ1) is 16.4. The third-order valence-corrected chi connectivity index (χ3v) is 4.59. The average Bonchev–Trinajstić information content (AvgIpc) is 2.46. The van der Waals surface area contributed by atoms with Crippen LogP contribution in [0.4, 0.5) is 5.69 Å². The fraction of sp³-hybridized carbons (Fsp3) is 0.294. The molecule has 0 aliphatic heterocycles. The van der Waals surface area contributed by atoms with Crippen LogP contribution in [0.5, 0.6) is 5.75 Å². The van der Waals surface area contributed by atoms with Crippen molar-refractivity contribution in [1.82, 2.24) is 0 Å². The van der Waals surface area contributed by atoms with Gasteiger partial charge in [-0.1, -0.05) is 26.0 Å². The molecule has 2 aromatic rings. The number of methoxy groups -OCH3 is 1. The first-order valence-electron chi connectivity index (χ1n) is 7.16. The fourth-order valence-electron chi connectivity index (χ4n) is 2.20. The van der Waals surface area contributed by atoms with Crippen molar-refractivity contribution >= 4 is 15.7 Å². The average molecular weight is 319 g/mol.